The number of rotatable bonds is 10. The summed E-state index contributed by atoms with van der Waals surface area (Å²) >= 11 is 0. The van der Waals surface area contributed by atoms with Crippen LogP contribution in [0.4, 0.5) is 29.3 Å². The van der Waals surface area contributed by atoms with Crippen LogP contribution in [-0.2, 0) is 24.2 Å². The fraction of sp³-hybridized carbons (Fsp3) is 0.353. The van der Waals surface area contributed by atoms with Gasteiger partial charge in [-0.3, -0.25) is 25.1 Å². The van der Waals surface area contributed by atoms with Gasteiger partial charge >= 0.3 is 18.2 Å². The Morgan fingerprint density at radius 1 is 0.943 bits per heavy atom. The van der Waals surface area contributed by atoms with Crippen molar-refractivity contribution in [1.82, 2.24) is 15.1 Å². The van der Waals surface area contributed by atoms with Gasteiger partial charge in [-0.05, 0) is 86.3 Å². The molecule has 15 nitrogen and oxygen atoms in total. The molecule has 1 aliphatic heterocycles. The summed E-state index contributed by atoms with van der Waals surface area (Å²) in [5, 5.41) is 18.1. The highest BCUT2D eigenvalue weighted by molar-refractivity contribution is 7.92. The molecule has 4 aromatic rings. The van der Waals surface area contributed by atoms with Crippen molar-refractivity contribution >= 4 is 50.1 Å². The number of carboxylic acids is 1. The smallest absolute Gasteiger partial charge is 0.490 e. The van der Waals surface area contributed by atoms with Crippen LogP contribution in [-0.4, -0.2) is 85.9 Å². The molecular weight excluding hydrogens is 727 g/mol. The Balaban J connectivity index is 0.000000815. The van der Waals surface area contributed by atoms with E-state index < -0.39 is 45.4 Å². The number of sulfone groups is 1. The Morgan fingerprint density at radius 3 is 2.21 bits per heavy atom. The van der Waals surface area contributed by atoms with E-state index >= 15 is 0 Å². The lowest BCUT2D eigenvalue weighted by molar-refractivity contribution is -0.192. The first-order valence-corrected chi connectivity index (χ1v) is 17.5. The SMILES string of the molecule is COC(=O)Nc1ccc(S(=O)(=O)C(C)C)c([C@H]2CCCN2C(=O)[C@H](Nc2ccc3[nH][nH]c(=O)c3c2)c2ccc(OC)c(OC)c2)c1.O=C(O)C(F)(F)F. The average Bonchev–Trinajstić information content (AvgIpc) is 3.76. The molecule has 0 saturated carbocycles. The van der Waals surface area contributed by atoms with Gasteiger partial charge in [-0.15, -0.1) is 0 Å². The number of nitrogens with zero attached hydrogens (tertiary/aromatic N) is 1. The van der Waals surface area contributed by atoms with Gasteiger partial charge in [-0.25, -0.2) is 18.0 Å². The van der Waals surface area contributed by atoms with Gasteiger partial charge in [0.1, 0.15) is 6.04 Å². The third-order valence-electron chi connectivity index (χ3n) is 8.38. The molecule has 0 aliphatic carbocycles. The van der Waals surface area contributed by atoms with Crippen molar-refractivity contribution in [2.45, 2.75) is 55.1 Å². The molecule has 5 N–H and O–H groups in total. The minimum Gasteiger partial charge on any atom is -0.493 e. The molecule has 3 aromatic carbocycles. The summed E-state index contributed by atoms with van der Waals surface area (Å²) in [6.45, 7) is 3.56. The maximum Gasteiger partial charge on any atom is 0.490 e. The van der Waals surface area contributed by atoms with Crippen molar-refractivity contribution in [3.05, 3.63) is 76.1 Å². The number of hydrogen-bond acceptors (Lipinski definition) is 10. The van der Waals surface area contributed by atoms with Crippen molar-refractivity contribution in [1.29, 1.82) is 0 Å². The summed E-state index contributed by atoms with van der Waals surface area (Å²) in [5.74, 6) is -2.18. The zero-order valence-corrected chi connectivity index (χ0v) is 30.0. The first kappa shape index (κ1) is 40.1. The van der Waals surface area contributed by atoms with Gasteiger partial charge in [0.25, 0.3) is 5.56 Å². The normalized spacial score (nSPS) is 15.0. The summed E-state index contributed by atoms with van der Waals surface area (Å²) in [5.41, 5.74) is 2.14. The molecule has 53 heavy (non-hydrogen) atoms. The van der Waals surface area contributed by atoms with Crippen molar-refractivity contribution < 1.29 is 55.3 Å². The molecule has 0 bridgehead atoms. The van der Waals surface area contributed by atoms with E-state index in [-0.39, 0.29) is 16.4 Å². The molecule has 286 valence electrons. The predicted octanol–water partition coefficient (Wildman–Crippen LogP) is 5.38. The Morgan fingerprint density at radius 2 is 1.60 bits per heavy atom. The number of carboxylic acid groups (broad SMARTS) is 1. The molecule has 2 amide bonds. The molecule has 1 aromatic heterocycles. The van der Waals surface area contributed by atoms with Crippen molar-refractivity contribution in [3.63, 3.8) is 0 Å². The van der Waals surface area contributed by atoms with Crippen molar-refractivity contribution in [2.24, 2.45) is 0 Å². The standard InChI is InChI=1S/C32H37N5O8S.C2HF3O2/c1-18(2)46(41,42)28-13-10-21(34-32(40)45-5)17-23(28)25-7-6-14-37(25)31(39)29(19-8-12-26(43-3)27(15-19)44-4)33-20-9-11-24-22(16-20)30(38)36-35-24;3-2(4,5)1(6)7/h8-13,15-18,25,29,33H,6-7,14H2,1-5H3,(H,34,40)(H2,35,36,38);(H,6,7)/t25-,29-;/m1./s1. The number of hydrogen-bond donors (Lipinski definition) is 5. The number of fused-ring (bicyclic) bond motifs is 1. The monoisotopic (exact) mass is 765 g/mol. The molecule has 0 spiro atoms. The number of aromatic amines is 2. The second-order valence-electron chi connectivity index (χ2n) is 12.0. The number of aliphatic carboxylic acids is 1. The Labute approximate surface area is 301 Å². The van der Waals surface area contributed by atoms with Gasteiger partial charge in [0, 0.05) is 17.9 Å². The zero-order chi connectivity index (χ0) is 39.2. The molecule has 19 heteroatoms. The van der Waals surface area contributed by atoms with E-state index in [1.54, 1.807) is 61.2 Å². The maximum atomic E-state index is 14.7. The number of nitrogens with one attached hydrogen (secondary N) is 4. The fourth-order valence-corrected chi connectivity index (χ4v) is 6.99. The minimum absolute atomic E-state index is 0.0929. The van der Waals surface area contributed by atoms with Crippen LogP contribution in [0.25, 0.3) is 10.9 Å². The van der Waals surface area contributed by atoms with E-state index in [0.717, 1.165) is 0 Å². The number of amides is 2. The summed E-state index contributed by atoms with van der Waals surface area (Å²) in [6.07, 6.45) is -4.67. The van der Waals surface area contributed by atoms with Crippen LogP contribution < -0.4 is 25.7 Å². The quantitative estimate of drug-likeness (QED) is 0.138. The summed E-state index contributed by atoms with van der Waals surface area (Å²) in [6, 6.07) is 13.3. The molecule has 0 unspecified atom stereocenters. The molecule has 2 atom stereocenters. The van der Waals surface area contributed by atoms with Crippen LogP contribution in [0.3, 0.4) is 0 Å². The number of methoxy groups -OCH3 is 3. The number of halogens is 3. The fourth-order valence-electron chi connectivity index (χ4n) is 5.70. The lowest BCUT2D eigenvalue weighted by atomic mass is 10.0. The number of carbonyl (C=O) groups excluding carboxylic acids is 2. The lowest BCUT2D eigenvalue weighted by Gasteiger charge is -2.32. The number of carbonyl (C=O) groups is 3. The van der Waals surface area contributed by atoms with Crippen LogP contribution in [0, 0.1) is 0 Å². The van der Waals surface area contributed by atoms with Crippen LogP contribution >= 0.6 is 0 Å². The van der Waals surface area contributed by atoms with Gasteiger partial charge in [0.2, 0.25) is 5.91 Å². The van der Waals surface area contributed by atoms with E-state index in [0.29, 0.717) is 64.3 Å². The van der Waals surface area contributed by atoms with Gasteiger partial charge in [0.15, 0.2) is 21.3 Å². The molecule has 1 fully saturated rings. The third kappa shape index (κ3) is 9.02. The lowest BCUT2D eigenvalue weighted by Crippen LogP contribution is -2.38. The second-order valence-corrected chi connectivity index (χ2v) is 14.5. The van der Waals surface area contributed by atoms with Crippen molar-refractivity contribution in [3.8, 4) is 11.5 Å². The first-order chi connectivity index (χ1) is 24.9. The summed E-state index contributed by atoms with van der Waals surface area (Å²) < 4.78 is 74.5. The van der Waals surface area contributed by atoms with E-state index in [9.17, 15) is 36.0 Å². The highest BCUT2D eigenvalue weighted by atomic mass is 32.2. The molecule has 5 rings (SSSR count). The molecule has 1 saturated heterocycles. The van der Waals surface area contributed by atoms with Gasteiger partial charge in [0.05, 0.1) is 48.4 Å². The van der Waals surface area contributed by atoms with E-state index in [1.807, 2.05) is 0 Å². The number of anilines is 2. The molecule has 0 radical (unpaired) electrons. The number of aromatic nitrogens is 2. The third-order valence-corrected chi connectivity index (χ3v) is 10.6. The van der Waals surface area contributed by atoms with Gasteiger partial charge < -0.3 is 29.5 Å². The molecular formula is C34H38F3N5O10S. The van der Waals surface area contributed by atoms with Crippen LogP contribution in [0.5, 0.6) is 11.5 Å². The molecule has 1 aliphatic rings. The second kappa shape index (κ2) is 16.3. The first-order valence-electron chi connectivity index (χ1n) is 15.9. The van der Waals surface area contributed by atoms with Crippen LogP contribution in [0.15, 0.2) is 64.3 Å². The van der Waals surface area contributed by atoms with Gasteiger partial charge in [-0.2, -0.15) is 13.2 Å². The summed E-state index contributed by atoms with van der Waals surface area (Å²) in [4.78, 5) is 49.7. The number of H-pyrrole nitrogens is 2. The Bertz CT molecular complexity index is 2150. The van der Waals surface area contributed by atoms with Crippen LogP contribution in [0.1, 0.15) is 49.9 Å². The van der Waals surface area contributed by atoms with Crippen molar-refractivity contribution in [2.75, 3.05) is 38.5 Å². The van der Waals surface area contributed by atoms with Crippen LogP contribution in [0.2, 0.25) is 0 Å². The van der Waals surface area contributed by atoms with E-state index in [1.165, 1.54) is 33.5 Å². The maximum absolute atomic E-state index is 14.7. The van der Waals surface area contributed by atoms with Gasteiger partial charge in [-0.1, -0.05) is 6.07 Å². The number of ether oxygens (including phenoxy) is 3. The number of likely N-dealkylation sites (tertiary alicyclic amines) is 1. The Hall–Kier alpha value is -5.72. The largest absolute Gasteiger partial charge is 0.493 e. The predicted molar refractivity (Wildman–Crippen MR) is 187 cm³/mol. The highest BCUT2D eigenvalue weighted by Crippen LogP contribution is 2.41. The topological polar surface area (TPSA) is 209 Å². The van der Waals surface area contributed by atoms with E-state index in [4.69, 9.17) is 24.1 Å². The highest BCUT2D eigenvalue weighted by Gasteiger charge is 2.39. The Kier molecular flexibility index (Phi) is 12.3. The summed E-state index contributed by atoms with van der Waals surface area (Å²) in [7, 11) is 0.484. The molecule has 2 heterocycles. The minimum atomic E-state index is -5.08. The van der Waals surface area contributed by atoms with E-state index in [2.05, 4.69) is 20.8 Å². The number of benzene rings is 3. The zero-order valence-electron chi connectivity index (χ0n) is 29.2. The number of alkyl halides is 3. The average molecular weight is 766 g/mol.